The smallest absolute Gasteiger partial charge is 0.173 e. The summed E-state index contributed by atoms with van der Waals surface area (Å²) in [7, 11) is 0. The Morgan fingerprint density at radius 2 is 1.80 bits per heavy atom. The maximum absolute atomic E-state index is 5.33. The molecule has 0 saturated heterocycles. The van der Waals surface area contributed by atoms with Crippen LogP contribution in [0.4, 0.5) is 0 Å². The molecule has 0 fully saturated rings. The number of nitrogens with two attached hydrogens (primary N) is 1. The lowest BCUT2D eigenvalue weighted by atomic mass is 10.4. The Bertz CT molecular complexity index is 146. The molecule has 0 aromatic heterocycles. The molecular formula is C9H22Cl2N2OS. The van der Waals surface area contributed by atoms with Crippen molar-refractivity contribution in [2.45, 2.75) is 20.3 Å². The first-order valence-corrected chi connectivity index (χ1v) is 5.23. The molecule has 0 atom stereocenters. The van der Waals surface area contributed by atoms with Crippen molar-refractivity contribution < 1.29 is 4.74 Å². The molecule has 0 aromatic rings. The Morgan fingerprint density at radius 1 is 1.27 bits per heavy atom. The summed E-state index contributed by atoms with van der Waals surface area (Å²) >= 11 is 5.07. The van der Waals surface area contributed by atoms with Gasteiger partial charge >= 0.3 is 0 Å². The molecule has 0 radical (unpaired) electrons. The summed E-state index contributed by atoms with van der Waals surface area (Å²) in [5.41, 5.74) is 5.33. The number of rotatable bonds is 7. The van der Waals surface area contributed by atoms with Gasteiger partial charge in [-0.3, -0.25) is 4.90 Å². The molecule has 0 aromatic carbocycles. The van der Waals surface area contributed by atoms with Crippen molar-refractivity contribution >= 4 is 42.1 Å². The minimum Gasteiger partial charge on any atom is -0.486 e. The first kappa shape index (κ1) is 20.8. The number of halogens is 2. The van der Waals surface area contributed by atoms with E-state index in [0.29, 0.717) is 18.2 Å². The Balaban J connectivity index is -0.000000720. The fraction of sp³-hybridized carbons (Fsp3) is 0.889. The van der Waals surface area contributed by atoms with Crippen LogP contribution in [0, 0.1) is 0 Å². The standard InChI is InChI=1S/C9H20N2OS.2ClH/c1-3-11(4-2)8-9(13)12-7-5-6-10;;/h3-8,10H2,1-2H3;2*1H. The minimum atomic E-state index is 0. The summed E-state index contributed by atoms with van der Waals surface area (Å²) in [6, 6.07) is 0. The highest BCUT2D eigenvalue weighted by molar-refractivity contribution is 7.80. The van der Waals surface area contributed by atoms with Crippen molar-refractivity contribution in [1.29, 1.82) is 0 Å². The van der Waals surface area contributed by atoms with Crippen LogP contribution < -0.4 is 5.73 Å². The Kier molecular flexibility index (Phi) is 19.9. The molecule has 0 aliphatic rings. The van der Waals surface area contributed by atoms with Gasteiger partial charge in [0.05, 0.1) is 13.2 Å². The SMILES string of the molecule is CCN(CC)CC(=S)OCCCN.Cl.Cl. The molecule has 0 spiro atoms. The normalized spacial score (nSPS) is 9.07. The lowest BCUT2D eigenvalue weighted by molar-refractivity contribution is 0.268. The van der Waals surface area contributed by atoms with E-state index in [0.717, 1.165) is 26.1 Å². The summed E-state index contributed by atoms with van der Waals surface area (Å²) in [5.74, 6) is 0. The van der Waals surface area contributed by atoms with Gasteiger partial charge < -0.3 is 10.5 Å². The molecule has 0 amide bonds. The van der Waals surface area contributed by atoms with Crippen molar-refractivity contribution in [3.05, 3.63) is 0 Å². The van der Waals surface area contributed by atoms with Crippen LogP contribution in [-0.2, 0) is 4.74 Å². The molecule has 0 aliphatic carbocycles. The van der Waals surface area contributed by atoms with E-state index in [1.165, 1.54) is 0 Å². The van der Waals surface area contributed by atoms with E-state index in [9.17, 15) is 0 Å². The van der Waals surface area contributed by atoms with Crippen LogP contribution in [-0.4, -0.2) is 42.7 Å². The Labute approximate surface area is 111 Å². The van der Waals surface area contributed by atoms with Gasteiger partial charge in [0.25, 0.3) is 0 Å². The van der Waals surface area contributed by atoms with Gasteiger partial charge in [0.2, 0.25) is 0 Å². The molecule has 15 heavy (non-hydrogen) atoms. The summed E-state index contributed by atoms with van der Waals surface area (Å²) < 4.78 is 5.33. The van der Waals surface area contributed by atoms with Crippen LogP contribution in [0.3, 0.4) is 0 Å². The van der Waals surface area contributed by atoms with Gasteiger partial charge in [-0.25, -0.2) is 0 Å². The average molecular weight is 277 g/mol. The minimum absolute atomic E-state index is 0. The second-order valence-corrected chi connectivity index (χ2v) is 3.28. The van der Waals surface area contributed by atoms with E-state index in [1.54, 1.807) is 0 Å². The summed E-state index contributed by atoms with van der Waals surface area (Å²) in [5, 5.41) is 0.678. The second-order valence-electron chi connectivity index (χ2n) is 2.82. The third kappa shape index (κ3) is 12.3. The quantitative estimate of drug-likeness (QED) is 0.569. The number of hydrogen-bond donors (Lipinski definition) is 1. The van der Waals surface area contributed by atoms with E-state index in [2.05, 4.69) is 18.7 Å². The van der Waals surface area contributed by atoms with Gasteiger partial charge in [-0.05, 0) is 38.3 Å². The third-order valence-corrected chi connectivity index (χ3v) is 2.11. The van der Waals surface area contributed by atoms with E-state index in [4.69, 9.17) is 22.7 Å². The van der Waals surface area contributed by atoms with E-state index in [-0.39, 0.29) is 24.8 Å². The zero-order valence-electron chi connectivity index (χ0n) is 9.40. The van der Waals surface area contributed by atoms with Gasteiger partial charge in [0.15, 0.2) is 5.05 Å². The largest absolute Gasteiger partial charge is 0.486 e. The van der Waals surface area contributed by atoms with Crippen molar-refractivity contribution in [2.24, 2.45) is 5.73 Å². The average Bonchev–Trinajstić information content (AvgIpc) is 2.14. The lowest BCUT2D eigenvalue weighted by Gasteiger charge is -2.18. The zero-order chi connectivity index (χ0) is 10.1. The number of hydrogen-bond acceptors (Lipinski definition) is 4. The van der Waals surface area contributed by atoms with Crippen molar-refractivity contribution in [2.75, 3.05) is 32.8 Å². The molecular weight excluding hydrogens is 255 g/mol. The Morgan fingerprint density at radius 3 is 2.20 bits per heavy atom. The van der Waals surface area contributed by atoms with Gasteiger partial charge in [-0.15, -0.1) is 24.8 Å². The fourth-order valence-electron chi connectivity index (χ4n) is 0.945. The molecule has 3 nitrogen and oxygen atoms in total. The first-order chi connectivity index (χ1) is 6.24. The highest BCUT2D eigenvalue weighted by Gasteiger charge is 2.03. The highest BCUT2D eigenvalue weighted by atomic mass is 35.5. The zero-order valence-corrected chi connectivity index (χ0v) is 11.8. The number of nitrogens with zero attached hydrogens (tertiary/aromatic N) is 1. The maximum Gasteiger partial charge on any atom is 0.173 e. The van der Waals surface area contributed by atoms with Crippen LogP contribution in [0.2, 0.25) is 0 Å². The Hall–Kier alpha value is 0.390. The maximum atomic E-state index is 5.33. The topological polar surface area (TPSA) is 38.5 Å². The first-order valence-electron chi connectivity index (χ1n) is 4.82. The van der Waals surface area contributed by atoms with Crippen molar-refractivity contribution in [3.8, 4) is 0 Å². The van der Waals surface area contributed by atoms with Gasteiger partial charge in [0, 0.05) is 0 Å². The third-order valence-electron chi connectivity index (χ3n) is 1.86. The second kappa shape index (κ2) is 14.4. The van der Waals surface area contributed by atoms with E-state index in [1.807, 2.05) is 0 Å². The van der Waals surface area contributed by atoms with Crippen LogP contribution >= 0.6 is 37.0 Å². The number of thiocarbonyl (C=S) groups is 1. The van der Waals surface area contributed by atoms with Gasteiger partial charge in [-0.1, -0.05) is 13.8 Å². The van der Waals surface area contributed by atoms with Crippen LogP contribution in [0.1, 0.15) is 20.3 Å². The lowest BCUT2D eigenvalue weighted by Crippen LogP contribution is -2.30. The van der Waals surface area contributed by atoms with E-state index < -0.39 is 0 Å². The predicted molar refractivity (Wildman–Crippen MR) is 74.5 cm³/mol. The molecule has 2 N–H and O–H groups in total. The monoisotopic (exact) mass is 276 g/mol. The number of likely N-dealkylation sites (N-methyl/N-ethyl adjacent to an activating group) is 1. The molecule has 6 heteroatoms. The molecule has 0 bridgehead atoms. The predicted octanol–water partition coefficient (Wildman–Crippen LogP) is 1.86. The van der Waals surface area contributed by atoms with E-state index >= 15 is 0 Å². The summed E-state index contributed by atoms with van der Waals surface area (Å²) in [4.78, 5) is 2.23. The van der Waals surface area contributed by atoms with Gasteiger partial charge in [0.1, 0.15) is 0 Å². The van der Waals surface area contributed by atoms with Crippen LogP contribution in [0.5, 0.6) is 0 Å². The molecule has 0 unspecified atom stereocenters. The summed E-state index contributed by atoms with van der Waals surface area (Å²) in [6.07, 6.45) is 0.873. The highest BCUT2D eigenvalue weighted by Crippen LogP contribution is 1.92. The van der Waals surface area contributed by atoms with Gasteiger partial charge in [-0.2, -0.15) is 0 Å². The molecule has 0 rings (SSSR count). The van der Waals surface area contributed by atoms with Crippen LogP contribution in [0.15, 0.2) is 0 Å². The molecule has 0 heterocycles. The summed E-state index contributed by atoms with van der Waals surface area (Å²) in [6.45, 7) is 8.32. The molecule has 0 aliphatic heterocycles. The van der Waals surface area contributed by atoms with Crippen molar-refractivity contribution in [1.82, 2.24) is 4.90 Å². The van der Waals surface area contributed by atoms with Crippen molar-refractivity contribution in [3.63, 3.8) is 0 Å². The number of ether oxygens (including phenoxy) is 1. The van der Waals surface area contributed by atoms with Crippen LogP contribution in [0.25, 0.3) is 0 Å². The molecule has 94 valence electrons. The fourth-order valence-corrected chi connectivity index (χ4v) is 1.21. The molecule has 0 saturated carbocycles.